The van der Waals surface area contributed by atoms with Gasteiger partial charge in [0, 0.05) is 25.6 Å². The van der Waals surface area contributed by atoms with E-state index in [4.69, 9.17) is 5.11 Å². The van der Waals surface area contributed by atoms with Gasteiger partial charge in [0.1, 0.15) is 0 Å². The van der Waals surface area contributed by atoms with Gasteiger partial charge in [-0.3, -0.25) is 14.4 Å². The first-order chi connectivity index (χ1) is 10.3. The van der Waals surface area contributed by atoms with Crippen LogP contribution in [0, 0.1) is 11.3 Å². The Morgan fingerprint density at radius 3 is 2.23 bits per heavy atom. The van der Waals surface area contributed by atoms with Crippen LogP contribution < -0.4 is 0 Å². The molecule has 1 saturated heterocycles. The number of rotatable bonds is 4. The largest absolute Gasteiger partial charge is 0.481 e. The lowest BCUT2D eigenvalue weighted by Gasteiger charge is -2.33. The van der Waals surface area contributed by atoms with Gasteiger partial charge in [0.05, 0.1) is 12.5 Å². The average molecular weight is 310 g/mol. The molecule has 6 heteroatoms. The van der Waals surface area contributed by atoms with Crippen LogP contribution in [0.1, 0.15) is 45.4 Å². The minimum Gasteiger partial charge on any atom is -0.481 e. The van der Waals surface area contributed by atoms with Crippen LogP contribution in [0.5, 0.6) is 0 Å². The summed E-state index contributed by atoms with van der Waals surface area (Å²) in [5.74, 6) is -1.16. The number of piperidine rings is 1. The summed E-state index contributed by atoms with van der Waals surface area (Å²) in [7, 11) is 1.69. The van der Waals surface area contributed by atoms with Crippen molar-refractivity contribution in [1.29, 1.82) is 0 Å². The maximum Gasteiger partial charge on any atom is 0.306 e. The van der Waals surface area contributed by atoms with Gasteiger partial charge in [-0.1, -0.05) is 19.8 Å². The Morgan fingerprint density at radius 2 is 1.73 bits per heavy atom. The molecule has 0 aromatic heterocycles. The normalized spacial score (nSPS) is 21.6. The molecule has 1 saturated carbocycles. The number of likely N-dealkylation sites (N-methyl/N-ethyl adjacent to an activating group) is 1. The molecule has 2 rings (SSSR count). The molecule has 0 spiro atoms. The van der Waals surface area contributed by atoms with E-state index in [-0.39, 0.29) is 29.7 Å². The van der Waals surface area contributed by atoms with E-state index in [9.17, 15) is 14.4 Å². The average Bonchev–Trinajstić information content (AvgIpc) is 2.94. The van der Waals surface area contributed by atoms with Crippen LogP contribution in [0.15, 0.2) is 0 Å². The number of aliphatic carboxylic acids is 1. The third kappa shape index (κ3) is 3.59. The molecule has 0 unspecified atom stereocenters. The van der Waals surface area contributed by atoms with Gasteiger partial charge in [-0.2, -0.15) is 0 Å². The fourth-order valence-electron chi connectivity index (χ4n) is 3.58. The van der Waals surface area contributed by atoms with E-state index in [1.54, 1.807) is 11.9 Å². The van der Waals surface area contributed by atoms with E-state index in [2.05, 4.69) is 0 Å². The first kappa shape index (κ1) is 16.8. The number of nitrogens with zero attached hydrogens (tertiary/aromatic N) is 2. The zero-order chi connectivity index (χ0) is 16.3. The number of carbonyl (C=O) groups excluding carboxylic acids is 2. The van der Waals surface area contributed by atoms with Crippen LogP contribution >= 0.6 is 0 Å². The Balaban J connectivity index is 1.84. The van der Waals surface area contributed by atoms with Crippen LogP contribution in [0.25, 0.3) is 0 Å². The lowest BCUT2D eigenvalue weighted by molar-refractivity contribution is -0.148. The Hall–Kier alpha value is -1.59. The molecule has 0 aromatic rings. The summed E-state index contributed by atoms with van der Waals surface area (Å²) in [6.07, 6.45) is 4.94. The van der Waals surface area contributed by atoms with E-state index in [1.165, 1.54) is 4.90 Å². The molecule has 1 heterocycles. The molecule has 124 valence electrons. The van der Waals surface area contributed by atoms with Gasteiger partial charge in [-0.05, 0) is 25.7 Å². The number of amides is 2. The number of hydrogen-bond acceptors (Lipinski definition) is 3. The van der Waals surface area contributed by atoms with Crippen molar-refractivity contribution in [2.45, 2.75) is 45.4 Å². The summed E-state index contributed by atoms with van der Waals surface area (Å²) in [5, 5.41) is 8.97. The zero-order valence-electron chi connectivity index (χ0n) is 13.5. The molecule has 1 N–H and O–H groups in total. The van der Waals surface area contributed by atoms with Gasteiger partial charge in [0.2, 0.25) is 11.8 Å². The Morgan fingerprint density at radius 1 is 1.18 bits per heavy atom. The number of carbonyl (C=O) groups is 3. The summed E-state index contributed by atoms with van der Waals surface area (Å²) in [6.45, 7) is 3.01. The third-order valence-corrected chi connectivity index (χ3v) is 5.14. The Kier molecular flexibility index (Phi) is 5.08. The predicted molar refractivity (Wildman–Crippen MR) is 81.2 cm³/mol. The van der Waals surface area contributed by atoms with Crippen LogP contribution in [0.2, 0.25) is 0 Å². The fourth-order valence-corrected chi connectivity index (χ4v) is 3.58. The number of likely N-dealkylation sites (tertiary alicyclic amines) is 1. The van der Waals surface area contributed by atoms with Gasteiger partial charge >= 0.3 is 5.97 Å². The Bertz CT molecular complexity index is 449. The summed E-state index contributed by atoms with van der Waals surface area (Å²) in [5.41, 5.74) is -0.314. The minimum absolute atomic E-state index is 0.0544. The summed E-state index contributed by atoms with van der Waals surface area (Å²) < 4.78 is 0. The molecule has 22 heavy (non-hydrogen) atoms. The smallest absolute Gasteiger partial charge is 0.306 e. The van der Waals surface area contributed by atoms with Crippen molar-refractivity contribution in [2.24, 2.45) is 11.3 Å². The maximum atomic E-state index is 12.5. The van der Waals surface area contributed by atoms with Crippen molar-refractivity contribution in [3.05, 3.63) is 0 Å². The summed E-state index contributed by atoms with van der Waals surface area (Å²) >= 11 is 0. The highest BCUT2D eigenvalue weighted by molar-refractivity contribution is 5.88. The van der Waals surface area contributed by atoms with Gasteiger partial charge < -0.3 is 14.9 Å². The topological polar surface area (TPSA) is 77.9 Å². The fraction of sp³-hybridized carbons (Fsp3) is 0.812. The predicted octanol–water partition coefficient (Wildman–Crippen LogP) is 1.35. The molecule has 0 radical (unpaired) electrons. The SMILES string of the molecule is CN(CC(=O)N1CCC(C(=O)O)CC1)C(=O)C1(C)CCCC1. The third-order valence-electron chi connectivity index (χ3n) is 5.14. The van der Waals surface area contributed by atoms with Gasteiger partial charge in [0.15, 0.2) is 0 Å². The second-order valence-corrected chi connectivity index (χ2v) is 6.92. The maximum absolute atomic E-state index is 12.5. The molecule has 0 aromatic carbocycles. The van der Waals surface area contributed by atoms with Crippen molar-refractivity contribution in [3.63, 3.8) is 0 Å². The van der Waals surface area contributed by atoms with Crippen LogP contribution in [0.3, 0.4) is 0 Å². The molecule has 6 nitrogen and oxygen atoms in total. The van der Waals surface area contributed by atoms with Gasteiger partial charge in [0.25, 0.3) is 0 Å². The zero-order valence-corrected chi connectivity index (χ0v) is 13.5. The van der Waals surface area contributed by atoms with E-state index < -0.39 is 5.97 Å². The monoisotopic (exact) mass is 310 g/mol. The molecular formula is C16H26N2O4. The number of carboxylic acid groups (broad SMARTS) is 1. The van der Waals surface area contributed by atoms with Crippen molar-refractivity contribution >= 4 is 17.8 Å². The molecular weight excluding hydrogens is 284 g/mol. The van der Waals surface area contributed by atoms with Crippen LogP contribution in [-0.4, -0.2) is 59.4 Å². The van der Waals surface area contributed by atoms with Crippen molar-refractivity contribution in [2.75, 3.05) is 26.7 Å². The summed E-state index contributed by atoms with van der Waals surface area (Å²) in [6, 6.07) is 0. The van der Waals surface area contributed by atoms with Crippen LogP contribution in [-0.2, 0) is 14.4 Å². The van der Waals surface area contributed by atoms with Crippen molar-refractivity contribution in [1.82, 2.24) is 9.80 Å². The van der Waals surface area contributed by atoms with E-state index in [1.807, 2.05) is 6.92 Å². The first-order valence-electron chi connectivity index (χ1n) is 8.09. The number of carboxylic acids is 1. The lowest BCUT2D eigenvalue weighted by Crippen LogP contribution is -2.47. The second-order valence-electron chi connectivity index (χ2n) is 6.92. The molecule has 1 aliphatic carbocycles. The second kappa shape index (κ2) is 6.67. The highest BCUT2D eigenvalue weighted by Crippen LogP contribution is 2.38. The van der Waals surface area contributed by atoms with Crippen molar-refractivity contribution < 1.29 is 19.5 Å². The lowest BCUT2D eigenvalue weighted by atomic mass is 9.87. The first-order valence-corrected chi connectivity index (χ1v) is 8.09. The standard InChI is InChI=1S/C16H26N2O4/c1-16(7-3-4-8-16)15(22)17(2)11-13(19)18-9-5-12(6-10-18)14(20)21/h12H,3-11H2,1-2H3,(H,20,21). The van der Waals surface area contributed by atoms with Gasteiger partial charge in [-0.25, -0.2) is 0 Å². The Labute approximate surface area is 131 Å². The highest BCUT2D eigenvalue weighted by Gasteiger charge is 2.39. The minimum atomic E-state index is -0.784. The molecule has 2 aliphatic rings. The van der Waals surface area contributed by atoms with Crippen LogP contribution in [0.4, 0.5) is 0 Å². The highest BCUT2D eigenvalue weighted by atomic mass is 16.4. The molecule has 0 atom stereocenters. The van der Waals surface area contributed by atoms with Gasteiger partial charge in [-0.15, -0.1) is 0 Å². The molecule has 2 fully saturated rings. The van der Waals surface area contributed by atoms with E-state index >= 15 is 0 Å². The molecule has 1 aliphatic heterocycles. The summed E-state index contributed by atoms with van der Waals surface area (Å²) in [4.78, 5) is 38.9. The van der Waals surface area contributed by atoms with Crippen molar-refractivity contribution in [3.8, 4) is 0 Å². The molecule has 0 bridgehead atoms. The quantitative estimate of drug-likeness (QED) is 0.850. The van der Waals surface area contributed by atoms with E-state index in [0.717, 1.165) is 25.7 Å². The number of hydrogen-bond donors (Lipinski definition) is 1. The van der Waals surface area contributed by atoms with E-state index in [0.29, 0.717) is 25.9 Å². The molecule has 2 amide bonds.